The Hall–Kier alpha value is -2.82. The van der Waals surface area contributed by atoms with Gasteiger partial charge >= 0.3 is 0 Å². The zero-order valence-electron chi connectivity index (χ0n) is 17.2. The van der Waals surface area contributed by atoms with E-state index in [1.165, 1.54) is 5.56 Å². The van der Waals surface area contributed by atoms with E-state index in [0.717, 1.165) is 11.1 Å². The molecule has 150 valence electrons. The summed E-state index contributed by atoms with van der Waals surface area (Å²) in [5, 5.41) is 2.83. The largest absolute Gasteiger partial charge is 0.484 e. The summed E-state index contributed by atoms with van der Waals surface area (Å²) in [6.07, 6.45) is 0.536. The second kappa shape index (κ2) is 10.5. The van der Waals surface area contributed by atoms with Crippen molar-refractivity contribution in [2.24, 2.45) is 0 Å². The molecule has 2 rings (SSSR count). The number of nitrogens with zero attached hydrogens (tertiary/aromatic N) is 1. The van der Waals surface area contributed by atoms with E-state index in [1.807, 2.05) is 76.2 Å². The lowest BCUT2D eigenvalue weighted by atomic mass is 10.1. The molecule has 0 saturated heterocycles. The molecule has 0 spiro atoms. The number of carbonyl (C=O) groups is 2. The first-order valence-corrected chi connectivity index (χ1v) is 9.77. The monoisotopic (exact) mass is 382 g/mol. The number of ether oxygens (including phenoxy) is 1. The molecule has 0 aliphatic carbocycles. The molecule has 0 fully saturated rings. The maximum atomic E-state index is 13.0. The SMILES string of the molecule is CCNC(=O)[C@@H](CC)N(Cc1ccccc1)C(=O)COc1ccc(C)c(C)c1. The topological polar surface area (TPSA) is 58.6 Å². The minimum atomic E-state index is -0.531. The van der Waals surface area contributed by atoms with Gasteiger partial charge in [-0.25, -0.2) is 0 Å². The minimum absolute atomic E-state index is 0.106. The summed E-state index contributed by atoms with van der Waals surface area (Å²) < 4.78 is 5.73. The Balaban J connectivity index is 2.17. The number of amides is 2. The molecule has 0 bridgehead atoms. The quantitative estimate of drug-likeness (QED) is 0.721. The van der Waals surface area contributed by atoms with Crippen LogP contribution in [-0.4, -0.2) is 35.9 Å². The molecule has 1 atom stereocenters. The summed E-state index contributed by atoms with van der Waals surface area (Å²) in [4.78, 5) is 27.1. The normalized spacial score (nSPS) is 11.6. The Bertz CT molecular complexity index is 790. The summed E-state index contributed by atoms with van der Waals surface area (Å²) in [6, 6.07) is 14.9. The van der Waals surface area contributed by atoms with E-state index in [2.05, 4.69) is 5.32 Å². The van der Waals surface area contributed by atoms with Gasteiger partial charge in [-0.3, -0.25) is 9.59 Å². The molecule has 0 heterocycles. The van der Waals surface area contributed by atoms with Gasteiger partial charge in [-0.2, -0.15) is 0 Å². The van der Waals surface area contributed by atoms with E-state index >= 15 is 0 Å². The maximum absolute atomic E-state index is 13.0. The van der Waals surface area contributed by atoms with E-state index in [-0.39, 0.29) is 18.4 Å². The van der Waals surface area contributed by atoms with Crippen molar-refractivity contribution in [1.29, 1.82) is 0 Å². The van der Waals surface area contributed by atoms with Crippen LogP contribution in [0, 0.1) is 13.8 Å². The van der Waals surface area contributed by atoms with Crippen LogP contribution in [0.15, 0.2) is 48.5 Å². The van der Waals surface area contributed by atoms with Crippen molar-refractivity contribution >= 4 is 11.8 Å². The third kappa shape index (κ3) is 5.84. The molecular formula is C23H30N2O3. The van der Waals surface area contributed by atoms with Crippen LogP contribution in [0.5, 0.6) is 5.75 Å². The van der Waals surface area contributed by atoms with Gasteiger partial charge in [-0.15, -0.1) is 0 Å². The van der Waals surface area contributed by atoms with Crippen molar-refractivity contribution in [2.45, 2.75) is 46.7 Å². The molecule has 2 aromatic carbocycles. The van der Waals surface area contributed by atoms with Gasteiger partial charge in [0.05, 0.1) is 0 Å². The highest BCUT2D eigenvalue weighted by molar-refractivity contribution is 5.88. The third-order valence-electron chi connectivity index (χ3n) is 4.77. The third-order valence-corrected chi connectivity index (χ3v) is 4.77. The lowest BCUT2D eigenvalue weighted by Crippen LogP contribution is -2.50. The first-order chi connectivity index (χ1) is 13.5. The summed E-state index contributed by atoms with van der Waals surface area (Å²) in [7, 11) is 0. The van der Waals surface area contributed by atoms with Crippen molar-refractivity contribution < 1.29 is 14.3 Å². The van der Waals surface area contributed by atoms with E-state index in [4.69, 9.17) is 4.74 Å². The highest BCUT2D eigenvalue weighted by atomic mass is 16.5. The number of aryl methyl sites for hydroxylation is 2. The Labute approximate surface area is 167 Å². The minimum Gasteiger partial charge on any atom is -0.484 e. The average Bonchev–Trinajstić information content (AvgIpc) is 2.69. The molecule has 0 unspecified atom stereocenters. The molecule has 0 saturated carbocycles. The van der Waals surface area contributed by atoms with Crippen molar-refractivity contribution in [3.63, 3.8) is 0 Å². The molecule has 28 heavy (non-hydrogen) atoms. The summed E-state index contributed by atoms with van der Waals surface area (Å²) >= 11 is 0. The van der Waals surface area contributed by atoms with Crippen molar-refractivity contribution in [2.75, 3.05) is 13.2 Å². The molecule has 1 N–H and O–H groups in total. The molecule has 2 aromatic rings. The molecule has 5 nitrogen and oxygen atoms in total. The van der Waals surface area contributed by atoms with Crippen LogP contribution in [0.1, 0.15) is 37.0 Å². The standard InChI is InChI=1S/C23H30N2O3/c1-5-21(23(27)24-6-2)25(15-19-10-8-7-9-11-19)22(26)16-28-20-13-12-17(3)18(4)14-20/h7-14,21H,5-6,15-16H2,1-4H3,(H,24,27)/t21-/m1/s1. The first-order valence-electron chi connectivity index (χ1n) is 9.77. The predicted octanol–water partition coefficient (Wildman–Crippen LogP) is 3.63. The van der Waals surface area contributed by atoms with Gasteiger partial charge in [0.15, 0.2) is 6.61 Å². The second-order valence-electron chi connectivity index (χ2n) is 6.86. The van der Waals surface area contributed by atoms with Gasteiger partial charge < -0.3 is 15.0 Å². The van der Waals surface area contributed by atoms with E-state index in [9.17, 15) is 9.59 Å². The van der Waals surface area contributed by atoms with Crippen LogP contribution in [0.3, 0.4) is 0 Å². The first kappa shape index (κ1) is 21.5. The fourth-order valence-corrected chi connectivity index (χ4v) is 3.02. The molecular weight excluding hydrogens is 352 g/mol. The van der Waals surface area contributed by atoms with Crippen LogP contribution in [0.25, 0.3) is 0 Å². The van der Waals surface area contributed by atoms with Gasteiger partial charge in [-0.1, -0.05) is 43.3 Å². The smallest absolute Gasteiger partial charge is 0.261 e. The summed E-state index contributed by atoms with van der Waals surface area (Å²) in [5.74, 6) is 0.308. The fourth-order valence-electron chi connectivity index (χ4n) is 3.02. The number of carbonyl (C=O) groups excluding carboxylic acids is 2. The Morgan fingerprint density at radius 1 is 1.04 bits per heavy atom. The molecule has 0 radical (unpaired) electrons. The van der Waals surface area contributed by atoms with Crippen molar-refractivity contribution in [3.8, 4) is 5.75 Å². The summed E-state index contributed by atoms with van der Waals surface area (Å²) in [6.45, 7) is 8.61. The van der Waals surface area contributed by atoms with E-state index in [1.54, 1.807) is 4.90 Å². The van der Waals surface area contributed by atoms with Crippen LogP contribution in [-0.2, 0) is 16.1 Å². The van der Waals surface area contributed by atoms with Gasteiger partial charge in [-0.05, 0) is 56.0 Å². The van der Waals surface area contributed by atoms with Crippen molar-refractivity contribution in [1.82, 2.24) is 10.2 Å². The molecule has 0 aliphatic rings. The van der Waals surface area contributed by atoms with Crippen LogP contribution < -0.4 is 10.1 Å². The molecule has 0 aliphatic heterocycles. The lowest BCUT2D eigenvalue weighted by molar-refractivity contribution is -0.142. The zero-order valence-corrected chi connectivity index (χ0v) is 17.2. The van der Waals surface area contributed by atoms with E-state index < -0.39 is 6.04 Å². The van der Waals surface area contributed by atoms with Gasteiger partial charge in [0, 0.05) is 13.1 Å². The predicted molar refractivity (Wildman–Crippen MR) is 111 cm³/mol. The number of benzene rings is 2. The number of rotatable bonds is 9. The van der Waals surface area contributed by atoms with Crippen LogP contribution in [0.2, 0.25) is 0 Å². The molecule has 5 heteroatoms. The molecule has 2 amide bonds. The van der Waals surface area contributed by atoms with Gasteiger partial charge in [0.1, 0.15) is 11.8 Å². The Morgan fingerprint density at radius 2 is 1.75 bits per heavy atom. The number of nitrogens with one attached hydrogen (secondary N) is 1. The number of likely N-dealkylation sites (N-methyl/N-ethyl adjacent to an activating group) is 1. The number of hydrogen-bond donors (Lipinski definition) is 1. The van der Waals surface area contributed by atoms with Crippen LogP contribution >= 0.6 is 0 Å². The van der Waals surface area contributed by atoms with E-state index in [0.29, 0.717) is 25.3 Å². The fraction of sp³-hybridized carbons (Fsp3) is 0.391. The summed E-state index contributed by atoms with van der Waals surface area (Å²) in [5.41, 5.74) is 3.26. The van der Waals surface area contributed by atoms with Crippen molar-refractivity contribution in [3.05, 3.63) is 65.2 Å². The highest BCUT2D eigenvalue weighted by Gasteiger charge is 2.28. The number of hydrogen-bond acceptors (Lipinski definition) is 3. The maximum Gasteiger partial charge on any atom is 0.261 e. The van der Waals surface area contributed by atoms with Crippen LogP contribution in [0.4, 0.5) is 0 Å². The zero-order chi connectivity index (χ0) is 20.5. The Kier molecular flexibility index (Phi) is 8.05. The lowest BCUT2D eigenvalue weighted by Gasteiger charge is -2.30. The highest BCUT2D eigenvalue weighted by Crippen LogP contribution is 2.17. The second-order valence-corrected chi connectivity index (χ2v) is 6.86. The average molecular weight is 383 g/mol. The van der Waals surface area contributed by atoms with Gasteiger partial charge in [0.25, 0.3) is 5.91 Å². The molecule has 0 aromatic heterocycles. The Morgan fingerprint density at radius 3 is 2.36 bits per heavy atom. The van der Waals surface area contributed by atoms with Gasteiger partial charge in [0.2, 0.25) is 5.91 Å².